The van der Waals surface area contributed by atoms with E-state index in [0.717, 1.165) is 11.1 Å². The zero-order valence-corrected chi connectivity index (χ0v) is 12.0. The molecule has 0 saturated carbocycles. The Balaban J connectivity index is 1.87. The highest BCUT2D eigenvalue weighted by molar-refractivity contribution is 5.95. The van der Waals surface area contributed by atoms with Gasteiger partial charge in [0.2, 0.25) is 0 Å². The van der Waals surface area contributed by atoms with Crippen LogP contribution in [0.5, 0.6) is 0 Å². The summed E-state index contributed by atoms with van der Waals surface area (Å²) in [5.41, 5.74) is 7.75. The number of nitrogens with zero attached hydrogens (tertiary/aromatic N) is 1. The fourth-order valence-corrected chi connectivity index (χ4v) is 2.21. The Hall–Kier alpha value is -3.41. The number of non-ortho nitro benzene ring substituents is 1. The number of nitrogen functional groups attached to an aromatic ring is 1. The van der Waals surface area contributed by atoms with Gasteiger partial charge in [0.15, 0.2) is 0 Å². The maximum Gasteiger partial charge on any atom is 0.269 e. The Morgan fingerprint density at radius 2 is 1.39 bits per heavy atom. The molecule has 1 aromatic heterocycles. The van der Waals surface area contributed by atoms with Crippen molar-refractivity contribution in [1.29, 1.82) is 5.41 Å². The van der Waals surface area contributed by atoms with Crippen LogP contribution < -0.4 is 5.73 Å². The van der Waals surface area contributed by atoms with E-state index in [0.29, 0.717) is 17.1 Å². The molecule has 1 heterocycles. The molecule has 0 radical (unpaired) electrons. The van der Waals surface area contributed by atoms with Gasteiger partial charge >= 0.3 is 0 Å². The molecule has 6 heteroatoms. The Labute approximate surface area is 131 Å². The van der Waals surface area contributed by atoms with Crippen LogP contribution in [0.3, 0.4) is 0 Å². The molecular weight excluding hydrogens is 294 g/mol. The number of nitrogens with one attached hydrogen (secondary N) is 1. The lowest BCUT2D eigenvalue weighted by Crippen LogP contribution is -2.10. The first-order chi connectivity index (χ1) is 11.0. The Morgan fingerprint density at radius 3 is 1.83 bits per heavy atom. The SMILES string of the molecule is N=C(N)c1ccc(-c2ccc(-c3ccc([N+](=O)[O-])cc3)o2)cc1. The summed E-state index contributed by atoms with van der Waals surface area (Å²) in [5.74, 6) is 1.32. The molecule has 23 heavy (non-hydrogen) atoms. The molecule has 3 rings (SSSR count). The normalized spacial score (nSPS) is 10.4. The molecule has 0 saturated heterocycles. The van der Waals surface area contributed by atoms with E-state index in [1.54, 1.807) is 24.3 Å². The highest BCUT2D eigenvalue weighted by Gasteiger charge is 2.09. The van der Waals surface area contributed by atoms with Gasteiger partial charge in [-0.1, -0.05) is 24.3 Å². The van der Waals surface area contributed by atoms with Crippen LogP contribution in [0.4, 0.5) is 5.69 Å². The van der Waals surface area contributed by atoms with Crippen LogP contribution in [0.15, 0.2) is 65.1 Å². The van der Waals surface area contributed by atoms with Gasteiger partial charge in [0, 0.05) is 28.8 Å². The van der Waals surface area contributed by atoms with E-state index in [1.807, 2.05) is 24.3 Å². The highest BCUT2D eigenvalue weighted by atomic mass is 16.6. The third kappa shape index (κ3) is 2.96. The minimum absolute atomic E-state index is 0.0163. The lowest BCUT2D eigenvalue weighted by molar-refractivity contribution is -0.384. The molecule has 114 valence electrons. The number of rotatable bonds is 4. The van der Waals surface area contributed by atoms with Crippen LogP contribution in [0.2, 0.25) is 0 Å². The standard InChI is InChI=1S/C17H13N3O3/c18-17(19)13-3-1-11(2-4-13)15-9-10-16(23-15)12-5-7-14(8-6-12)20(21)22/h1-10H,(H3,18,19). The van der Waals surface area contributed by atoms with Gasteiger partial charge in [0.05, 0.1) is 4.92 Å². The number of nitrogens with two attached hydrogens (primary N) is 1. The number of benzene rings is 2. The van der Waals surface area contributed by atoms with Gasteiger partial charge in [-0.2, -0.15) is 0 Å². The predicted octanol–water partition coefficient (Wildman–Crippen LogP) is 3.81. The third-order valence-corrected chi connectivity index (χ3v) is 3.45. The molecule has 6 nitrogen and oxygen atoms in total. The molecule has 0 atom stereocenters. The summed E-state index contributed by atoms with van der Waals surface area (Å²) >= 11 is 0. The van der Waals surface area contributed by atoms with Crippen LogP contribution in [0, 0.1) is 15.5 Å². The van der Waals surface area contributed by atoms with E-state index >= 15 is 0 Å². The fraction of sp³-hybridized carbons (Fsp3) is 0. The second-order valence-corrected chi connectivity index (χ2v) is 4.96. The first kappa shape index (κ1) is 14.5. The fourth-order valence-electron chi connectivity index (χ4n) is 2.21. The first-order valence-corrected chi connectivity index (χ1v) is 6.84. The smallest absolute Gasteiger partial charge is 0.269 e. The minimum Gasteiger partial charge on any atom is -0.456 e. The Morgan fingerprint density at radius 1 is 0.913 bits per heavy atom. The molecule has 0 aliphatic carbocycles. The van der Waals surface area contributed by atoms with Crippen molar-refractivity contribution in [3.8, 4) is 22.6 Å². The number of amidine groups is 1. The zero-order valence-electron chi connectivity index (χ0n) is 12.0. The van der Waals surface area contributed by atoms with Gasteiger partial charge in [-0.15, -0.1) is 0 Å². The summed E-state index contributed by atoms with van der Waals surface area (Å²) in [6.07, 6.45) is 0. The molecule has 3 N–H and O–H groups in total. The lowest BCUT2D eigenvalue weighted by Gasteiger charge is -2.01. The van der Waals surface area contributed by atoms with E-state index in [4.69, 9.17) is 15.6 Å². The van der Waals surface area contributed by atoms with Crippen LogP contribution in [-0.4, -0.2) is 10.8 Å². The molecule has 0 bridgehead atoms. The molecule has 0 amide bonds. The number of hydrogen-bond acceptors (Lipinski definition) is 4. The molecule has 3 aromatic rings. The second-order valence-electron chi connectivity index (χ2n) is 4.96. The van der Waals surface area contributed by atoms with Crippen molar-refractivity contribution in [2.45, 2.75) is 0 Å². The summed E-state index contributed by atoms with van der Waals surface area (Å²) in [7, 11) is 0. The Kier molecular flexibility index (Phi) is 3.64. The maximum absolute atomic E-state index is 10.7. The summed E-state index contributed by atoms with van der Waals surface area (Å²) in [4.78, 5) is 10.2. The van der Waals surface area contributed by atoms with Crippen molar-refractivity contribution in [3.63, 3.8) is 0 Å². The number of nitro benzene ring substituents is 1. The van der Waals surface area contributed by atoms with E-state index in [-0.39, 0.29) is 11.5 Å². The average Bonchev–Trinajstić information content (AvgIpc) is 3.05. The summed E-state index contributed by atoms with van der Waals surface area (Å²) in [5, 5.41) is 18.1. The maximum atomic E-state index is 10.7. The largest absolute Gasteiger partial charge is 0.456 e. The van der Waals surface area contributed by atoms with Crippen molar-refractivity contribution in [3.05, 3.63) is 76.3 Å². The second kappa shape index (κ2) is 5.76. The van der Waals surface area contributed by atoms with E-state index < -0.39 is 4.92 Å². The van der Waals surface area contributed by atoms with E-state index in [2.05, 4.69) is 0 Å². The van der Waals surface area contributed by atoms with E-state index in [9.17, 15) is 10.1 Å². The quantitative estimate of drug-likeness (QED) is 0.331. The monoisotopic (exact) mass is 307 g/mol. The van der Waals surface area contributed by atoms with E-state index in [1.165, 1.54) is 12.1 Å². The molecule has 2 aromatic carbocycles. The number of nitro groups is 1. The van der Waals surface area contributed by atoms with Crippen LogP contribution in [-0.2, 0) is 0 Å². The van der Waals surface area contributed by atoms with Gasteiger partial charge in [-0.05, 0) is 24.3 Å². The molecule has 0 unspecified atom stereocenters. The molecule has 0 aliphatic rings. The van der Waals surface area contributed by atoms with Gasteiger partial charge < -0.3 is 10.2 Å². The van der Waals surface area contributed by atoms with Gasteiger partial charge in [-0.25, -0.2) is 0 Å². The summed E-state index contributed by atoms with van der Waals surface area (Å²) in [6.45, 7) is 0. The summed E-state index contributed by atoms with van der Waals surface area (Å²) in [6, 6.07) is 17.0. The highest BCUT2D eigenvalue weighted by Crippen LogP contribution is 2.29. The lowest BCUT2D eigenvalue weighted by atomic mass is 10.1. The van der Waals surface area contributed by atoms with Crippen molar-refractivity contribution in [1.82, 2.24) is 0 Å². The molecular formula is C17H13N3O3. The zero-order chi connectivity index (χ0) is 16.4. The molecule has 0 aliphatic heterocycles. The molecule has 0 fully saturated rings. The van der Waals surface area contributed by atoms with Gasteiger partial charge in [-0.3, -0.25) is 15.5 Å². The summed E-state index contributed by atoms with van der Waals surface area (Å²) < 4.78 is 5.80. The van der Waals surface area contributed by atoms with Crippen LogP contribution in [0.25, 0.3) is 22.6 Å². The van der Waals surface area contributed by atoms with Crippen LogP contribution in [0.1, 0.15) is 5.56 Å². The van der Waals surface area contributed by atoms with Crippen LogP contribution >= 0.6 is 0 Å². The topological polar surface area (TPSA) is 106 Å². The van der Waals surface area contributed by atoms with Gasteiger partial charge in [0.1, 0.15) is 17.4 Å². The average molecular weight is 307 g/mol. The number of hydrogen-bond donors (Lipinski definition) is 2. The predicted molar refractivity (Wildman–Crippen MR) is 87.3 cm³/mol. The van der Waals surface area contributed by atoms with Crippen molar-refractivity contribution < 1.29 is 9.34 Å². The number of furan rings is 1. The van der Waals surface area contributed by atoms with Crippen molar-refractivity contribution in [2.75, 3.05) is 0 Å². The first-order valence-electron chi connectivity index (χ1n) is 6.84. The van der Waals surface area contributed by atoms with Crippen molar-refractivity contribution >= 4 is 11.5 Å². The van der Waals surface area contributed by atoms with Gasteiger partial charge in [0.25, 0.3) is 5.69 Å². The Bertz CT molecular complexity index is 793. The van der Waals surface area contributed by atoms with Crippen molar-refractivity contribution in [2.24, 2.45) is 5.73 Å². The molecule has 0 spiro atoms. The minimum atomic E-state index is -0.437. The third-order valence-electron chi connectivity index (χ3n) is 3.45.